The Morgan fingerprint density at radius 1 is 1.70 bits per heavy atom. The van der Waals surface area contributed by atoms with Crippen LogP contribution in [-0.2, 0) is 9.53 Å². The van der Waals surface area contributed by atoms with Gasteiger partial charge in [-0.05, 0) is 6.92 Å². The lowest BCUT2D eigenvalue weighted by Gasteiger charge is -2.26. The molecule has 0 bridgehead atoms. The number of hydrogen-bond acceptors (Lipinski definition) is 3. The van der Waals surface area contributed by atoms with E-state index in [4.69, 9.17) is 0 Å². The van der Waals surface area contributed by atoms with Crippen LogP contribution in [0.5, 0.6) is 0 Å². The highest BCUT2D eigenvalue weighted by molar-refractivity contribution is 5.71. The Morgan fingerprint density at radius 3 is 2.60 bits per heavy atom. The van der Waals surface area contributed by atoms with Gasteiger partial charge in [-0.25, -0.2) is 0 Å². The molecule has 0 aromatic rings. The fourth-order valence-corrected chi connectivity index (χ4v) is 0.835. The molecule has 0 aromatic heterocycles. The van der Waals surface area contributed by atoms with E-state index in [1.54, 1.807) is 6.92 Å². The number of esters is 1. The van der Waals surface area contributed by atoms with E-state index in [2.05, 4.69) is 4.74 Å². The molecule has 1 unspecified atom stereocenters. The van der Waals surface area contributed by atoms with Gasteiger partial charge in [0.1, 0.15) is 0 Å². The van der Waals surface area contributed by atoms with Crippen LogP contribution in [0.25, 0.3) is 0 Å². The van der Waals surface area contributed by atoms with Gasteiger partial charge in [0.05, 0.1) is 18.6 Å². The molecule has 3 N–H and O–H groups in total. The maximum absolute atomic E-state index is 10.5. The number of ether oxygens (including phenoxy) is 1. The van der Waals surface area contributed by atoms with Crippen LogP contribution < -0.4 is 0 Å². The Labute approximate surface area is 59.1 Å². The molecule has 10 heavy (non-hydrogen) atoms. The van der Waals surface area contributed by atoms with Gasteiger partial charge in [-0.15, -0.1) is 0 Å². The van der Waals surface area contributed by atoms with Crippen LogP contribution >= 0.6 is 0 Å². The van der Waals surface area contributed by atoms with Crippen molar-refractivity contribution >= 4 is 5.97 Å². The van der Waals surface area contributed by atoms with Crippen molar-refractivity contribution in [2.75, 3.05) is 6.61 Å². The van der Waals surface area contributed by atoms with Gasteiger partial charge in [-0.2, -0.15) is 0 Å². The molecule has 1 fully saturated rings. The van der Waals surface area contributed by atoms with Gasteiger partial charge >= 0.3 is 5.97 Å². The van der Waals surface area contributed by atoms with Crippen LogP contribution in [0.15, 0.2) is 0 Å². The average Bonchev–Trinajstić information content (AvgIpc) is 1.60. The molecule has 60 valence electrons. The standard InChI is InChI=1S/C6H10O3.H2O/c1-6(8)2-3-9-5(7)4-6;/h8H,2-4H2,1H3;1H2. The van der Waals surface area contributed by atoms with Gasteiger partial charge in [0.25, 0.3) is 0 Å². The second kappa shape index (κ2) is 2.98. The topological polar surface area (TPSA) is 78.0 Å². The smallest absolute Gasteiger partial charge is 0.308 e. The number of rotatable bonds is 0. The molecule has 1 saturated heterocycles. The minimum atomic E-state index is -0.824. The molecule has 0 radical (unpaired) electrons. The van der Waals surface area contributed by atoms with E-state index < -0.39 is 5.60 Å². The van der Waals surface area contributed by atoms with E-state index in [1.807, 2.05) is 0 Å². The number of carbonyl (C=O) groups excluding carboxylic acids is 1. The SMILES string of the molecule is CC1(O)CCOC(=O)C1.O. The van der Waals surface area contributed by atoms with Gasteiger partial charge in [0, 0.05) is 6.42 Å². The summed E-state index contributed by atoms with van der Waals surface area (Å²) in [5.41, 5.74) is -0.824. The summed E-state index contributed by atoms with van der Waals surface area (Å²) in [5, 5.41) is 9.24. The maximum atomic E-state index is 10.5. The van der Waals surface area contributed by atoms with Crippen molar-refractivity contribution in [3.63, 3.8) is 0 Å². The summed E-state index contributed by atoms with van der Waals surface area (Å²) in [5.74, 6) is -0.300. The van der Waals surface area contributed by atoms with Gasteiger partial charge < -0.3 is 15.3 Å². The third-order valence-electron chi connectivity index (χ3n) is 1.43. The largest absolute Gasteiger partial charge is 0.465 e. The third kappa shape index (κ3) is 2.33. The Hall–Kier alpha value is -0.610. The summed E-state index contributed by atoms with van der Waals surface area (Å²) in [6.45, 7) is 2.00. The molecule has 1 atom stereocenters. The molecule has 0 spiro atoms. The fourth-order valence-electron chi connectivity index (χ4n) is 0.835. The molecule has 1 aliphatic heterocycles. The van der Waals surface area contributed by atoms with Crippen molar-refractivity contribution in [2.24, 2.45) is 0 Å². The molecule has 0 aromatic carbocycles. The highest BCUT2D eigenvalue weighted by Crippen LogP contribution is 2.19. The lowest BCUT2D eigenvalue weighted by Crippen LogP contribution is -2.35. The molecule has 1 heterocycles. The fraction of sp³-hybridized carbons (Fsp3) is 0.833. The highest BCUT2D eigenvalue weighted by Gasteiger charge is 2.29. The molecular formula is C6H12O4. The first kappa shape index (κ1) is 9.39. The monoisotopic (exact) mass is 148 g/mol. The van der Waals surface area contributed by atoms with Crippen molar-refractivity contribution in [3.05, 3.63) is 0 Å². The second-order valence-electron chi connectivity index (χ2n) is 2.64. The van der Waals surface area contributed by atoms with Crippen molar-refractivity contribution in [1.29, 1.82) is 0 Å². The van der Waals surface area contributed by atoms with Crippen molar-refractivity contribution in [2.45, 2.75) is 25.4 Å². The first-order valence-corrected chi connectivity index (χ1v) is 2.98. The second-order valence-corrected chi connectivity index (χ2v) is 2.64. The van der Waals surface area contributed by atoms with Crippen LogP contribution in [0, 0.1) is 0 Å². The van der Waals surface area contributed by atoms with Crippen LogP contribution in [0.2, 0.25) is 0 Å². The summed E-state index contributed by atoms with van der Waals surface area (Å²) in [7, 11) is 0. The first-order valence-electron chi connectivity index (χ1n) is 2.98. The zero-order chi connectivity index (χ0) is 6.91. The third-order valence-corrected chi connectivity index (χ3v) is 1.43. The van der Waals surface area contributed by atoms with Crippen molar-refractivity contribution in [3.8, 4) is 0 Å². The van der Waals surface area contributed by atoms with Gasteiger partial charge in [-0.3, -0.25) is 4.79 Å². The number of aliphatic hydroxyl groups is 1. The summed E-state index contributed by atoms with van der Waals surface area (Å²) in [4.78, 5) is 10.5. The normalized spacial score (nSPS) is 32.4. The van der Waals surface area contributed by atoms with Crippen molar-refractivity contribution in [1.82, 2.24) is 0 Å². The van der Waals surface area contributed by atoms with E-state index in [9.17, 15) is 9.90 Å². The van der Waals surface area contributed by atoms with E-state index in [1.165, 1.54) is 0 Å². The van der Waals surface area contributed by atoms with Crippen LogP contribution in [0.4, 0.5) is 0 Å². The van der Waals surface area contributed by atoms with E-state index in [-0.39, 0.29) is 17.9 Å². The van der Waals surface area contributed by atoms with Gasteiger partial charge in [-0.1, -0.05) is 0 Å². The predicted octanol–water partition coefficient (Wildman–Crippen LogP) is -0.750. The first-order chi connectivity index (χ1) is 4.10. The summed E-state index contributed by atoms with van der Waals surface area (Å²) in [6.07, 6.45) is 0.686. The minimum Gasteiger partial charge on any atom is -0.465 e. The Balaban J connectivity index is 0.000000810. The van der Waals surface area contributed by atoms with Gasteiger partial charge in [0.2, 0.25) is 0 Å². The quantitative estimate of drug-likeness (QED) is 0.459. The molecule has 1 aliphatic rings. The Morgan fingerprint density at radius 2 is 2.30 bits per heavy atom. The Kier molecular flexibility index (Phi) is 2.80. The molecule has 4 nitrogen and oxygen atoms in total. The Bertz CT molecular complexity index is 130. The average molecular weight is 148 g/mol. The molecule has 0 amide bonds. The van der Waals surface area contributed by atoms with Gasteiger partial charge in [0.15, 0.2) is 0 Å². The number of hydrogen-bond donors (Lipinski definition) is 1. The summed E-state index contributed by atoms with van der Waals surface area (Å²) < 4.78 is 4.61. The van der Waals surface area contributed by atoms with Crippen LogP contribution in [0.1, 0.15) is 19.8 Å². The molecule has 4 heteroatoms. The number of cyclic esters (lactones) is 1. The minimum absolute atomic E-state index is 0. The lowest BCUT2D eigenvalue weighted by molar-refractivity contribution is -0.157. The zero-order valence-electron chi connectivity index (χ0n) is 5.89. The molecule has 0 aliphatic carbocycles. The predicted molar refractivity (Wildman–Crippen MR) is 34.4 cm³/mol. The van der Waals surface area contributed by atoms with E-state index in [0.717, 1.165) is 0 Å². The zero-order valence-corrected chi connectivity index (χ0v) is 5.89. The number of carbonyl (C=O) groups is 1. The van der Waals surface area contributed by atoms with E-state index in [0.29, 0.717) is 13.0 Å². The lowest BCUT2D eigenvalue weighted by atomic mass is 9.97. The van der Waals surface area contributed by atoms with Crippen LogP contribution in [-0.4, -0.2) is 28.8 Å². The maximum Gasteiger partial charge on any atom is 0.308 e. The molecule has 1 rings (SSSR count). The van der Waals surface area contributed by atoms with Crippen LogP contribution in [0.3, 0.4) is 0 Å². The molecule has 0 saturated carbocycles. The summed E-state index contributed by atoms with van der Waals surface area (Å²) >= 11 is 0. The summed E-state index contributed by atoms with van der Waals surface area (Å²) in [6, 6.07) is 0. The van der Waals surface area contributed by atoms with Crippen molar-refractivity contribution < 1.29 is 20.1 Å². The van der Waals surface area contributed by atoms with E-state index >= 15 is 0 Å². The molecular weight excluding hydrogens is 136 g/mol. The highest BCUT2D eigenvalue weighted by atomic mass is 16.5.